The lowest BCUT2D eigenvalue weighted by molar-refractivity contribution is 0.0765. The third-order valence-electron chi connectivity index (χ3n) is 5.86. The minimum atomic E-state index is -0.348. The van der Waals surface area contributed by atoms with E-state index in [2.05, 4.69) is 16.2 Å². The Labute approximate surface area is 190 Å². The predicted octanol–water partition coefficient (Wildman–Crippen LogP) is 4.47. The molecule has 1 aliphatic rings. The monoisotopic (exact) mass is 437 g/mol. The number of fused-ring (bicyclic) bond motifs is 1. The molecule has 1 aliphatic heterocycles. The number of pyridine rings is 1. The van der Waals surface area contributed by atoms with Crippen LogP contribution in [0.3, 0.4) is 0 Å². The molecule has 0 saturated carbocycles. The van der Waals surface area contributed by atoms with Crippen molar-refractivity contribution in [2.45, 2.75) is 26.6 Å². The van der Waals surface area contributed by atoms with E-state index in [0.29, 0.717) is 29.8 Å². The van der Waals surface area contributed by atoms with Crippen molar-refractivity contribution in [1.29, 1.82) is 5.26 Å². The van der Waals surface area contributed by atoms with Crippen molar-refractivity contribution in [2.75, 3.05) is 0 Å². The topological polar surface area (TPSA) is 74.8 Å². The van der Waals surface area contributed by atoms with Gasteiger partial charge in [-0.3, -0.25) is 14.5 Å². The molecule has 1 amide bonds. The lowest BCUT2D eigenvalue weighted by Crippen LogP contribution is -2.23. The number of nitriles is 1. The molecular formula is C26H20FN5O. The molecule has 6 nitrogen and oxygen atoms in total. The molecule has 0 radical (unpaired) electrons. The van der Waals surface area contributed by atoms with Crippen LogP contribution in [0.1, 0.15) is 38.3 Å². The molecule has 4 aromatic rings. The zero-order chi connectivity index (χ0) is 22.9. The summed E-state index contributed by atoms with van der Waals surface area (Å²) in [6, 6.07) is 18.2. The van der Waals surface area contributed by atoms with Crippen molar-refractivity contribution in [3.63, 3.8) is 0 Å². The first-order valence-corrected chi connectivity index (χ1v) is 10.6. The molecular weight excluding hydrogens is 417 g/mol. The molecule has 162 valence electrons. The van der Waals surface area contributed by atoms with E-state index < -0.39 is 0 Å². The van der Waals surface area contributed by atoms with E-state index in [1.165, 1.54) is 6.07 Å². The summed E-state index contributed by atoms with van der Waals surface area (Å²) in [4.78, 5) is 18.4. The Morgan fingerprint density at radius 1 is 1.12 bits per heavy atom. The number of rotatable bonds is 5. The van der Waals surface area contributed by atoms with E-state index in [0.717, 1.165) is 28.1 Å². The second-order valence-corrected chi connectivity index (χ2v) is 8.12. The number of benzene rings is 2. The molecule has 3 heterocycles. The lowest BCUT2D eigenvalue weighted by atomic mass is 10.0. The van der Waals surface area contributed by atoms with Gasteiger partial charge in [0.15, 0.2) is 0 Å². The molecule has 5 rings (SSSR count). The van der Waals surface area contributed by atoms with E-state index in [1.807, 2.05) is 37.4 Å². The van der Waals surface area contributed by atoms with E-state index in [9.17, 15) is 9.18 Å². The Morgan fingerprint density at radius 3 is 2.76 bits per heavy atom. The second kappa shape index (κ2) is 8.32. The maximum atomic E-state index is 14.8. The van der Waals surface area contributed by atoms with E-state index >= 15 is 0 Å². The summed E-state index contributed by atoms with van der Waals surface area (Å²) in [6.45, 7) is 2.91. The van der Waals surface area contributed by atoms with Crippen LogP contribution < -0.4 is 0 Å². The van der Waals surface area contributed by atoms with Gasteiger partial charge in [-0.1, -0.05) is 18.2 Å². The Morgan fingerprint density at radius 2 is 2.00 bits per heavy atom. The molecule has 0 aliphatic carbocycles. The minimum absolute atomic E-state index is 0.122. The average molecular weight is 437 g/mol. The first-order chi connectivity index (χ1) is 16.0. The molecule has 7 heteroatoms. The molecule has 0 bridgehead atoms. The summed E-state index contributed by atoms with van der Waals surface area (Å²) in [5.74, 6) is -0.469. The summed E-state index contributed by atoms with van der Waals surface area (Å²) in [5, 5.41) is 13.7. The smallest absolute Gasteiger partial charge is 0.256 e. The maximum absolute atomic E-state index is 14.8. The number of aryl methyl sites for hydroxylation is 1. The van der Waals surface area contributed by atoms with E-state index in [1.54, 1.807) is 40.0 Å². The average Bonchev–Trinajstić information content (AvgIpc) is 3.40. The highest BCUT2D eigenvalue weighted by Crippen LogP contribution is 2.24. The molecule has 2 aromatic carbocycles. The normalized spacial score (nSPS) is 12.6. The highest BCUT2D eigenvalue weighted by atomic mass is 19.1. The van der Waals surface area contributed by atoms with Gasteiger partial charge in [0.1, 0.15) is 5.82 Å². The fourth-order valence-corrected chi connectivity index (χ4v) is 4.07. The van der Waals surface area contributed by atoms with Crippen molar-refractivity contribution in [3.05, 3.63) is 106 Å². The van der Waals surface area contributed by atoms with E-state index in [-0.39, 0.29) is 18.3 Å². The van der Waals surface area contributed by atoms with Crippen LogP contribution in [0.5, 0.6) is 0 Å². The Kier molecular flexibility index (Phi) is 5.19. The van der Waals surface area contributed by atoms with Crippen LogP contribution in [0.15, 0.2) is 67.0 Å². The predicted molar refractivity (Wildman–Crippen MR) is 120 cm³/mol. The van der Waals surface area contributed by atoms with Gasteiger partial charge >= 0.3 is 0 Å². The lowest BCUT2D eigenvalue weighted by Gasteiger charge is -2.16. The zero-order valence-corrected chi connectivity index (χ0v) is 18.0. The van der Waals surface area contributed by atoms with Gasteiger partial charge < -0.3 is 4.90 Å². The van der Waals surface area contributed by atoms with Crippen LogP contribution in [-0.2, 0) is 19.6 Å². The number of nitrogens with zero attached hydrogens (tertiary/aromatic N) is 5. The van der Waals surface area contributed by atoms with Crippen LogP contribution in [0, 0.1) is 24.1 Å². The largest absolute Gasteiger partial charge is 0.328 e. The highest BCUT2D eigenvalue weighted by Gasteiger charge is 2.28. The molecule has 33 heavy (non-hydrogen) atoms. The number of amides is 1. The summed E-state index contributed by atoms with van der Waals surface area (Å²) < 4.78 is 16.6. The molecule has 0 N–H and O–H groups in total. The highest BCUT2D eigenvalue weighted by molar-refractivity contribution is 5.97. The van der Waals surface area contributed by atoms with Crippen molar-refractivity contribution in [3.8, 4) is 17.3 Å². The fraction of sp³-hybridized carbons (Fsp3) is 0.154. The molecule has 0 spiro atoms. The van der Waals surface area contributed by atoms with Crippen molar-refractivity contribution in [1.82, 2.24) is 19.7 Å². The van der Waals surface area contributed by atoms with Crippen LogP contribution >= 0.6 is 0 Å². The summed E-state index contributed by atoms with van der Waals surface area (Å²) in [6.07, 6.45) is 3.51. The van der Waals surface area contributed by atoms with Crippen molar-refractivity contribution >= 4 is 5.91 Å². The SMILES string of the molecule is Cc1cc(-c2ccn(Cc3ccc(CN4Cc5ncccc5C4=O)c(F)c3)n2)ccc1C#N. The van der Waals surface area contributed by atoms with Crippen molar-refractivity contribution < 1.29 is 9.18 Å². The van der Waals surface area contributed by atoms with Gasteiger partial charge in [0.2, 0.25) is 0 Å². The maximum Gasteiger partial charge on any atom is 0.256 e. The number of halogens is 1. The van der Waals surface area contributed by atoms with Gasteiger partial charge in [-0.05, 0) is 54.4 Å². The molecule has 0 atom stereocenters. The standard InChI is InChI=1S/C26H20FN5O/c1-17-11-19(6-7-20(17)13-28)24-8-10-32(30-24)14-18-4-5-21(23(27)12-18)15-31-16-25-22(26(31)33)3-2-9-29-25/h2-12H,14-16H2,1H3. The fourth-order valence-electron chi connectivity index (χ4n) is 4.07. The van der Waals surface area contributed by atoms with Crippen molar-refractivity contribution in [2.24, 2.45) is 0 Å². The molecule has 2 aromatic heterocycles. The van der Waals surface area contributed by atoms with Crippen LogP contribution in [0.2, 0.25) is 0 Å². The van der Waals surface area contributed by atoms with Crippen LogP contribution in [0.4, 0.5) is 4.39 Å². The minimum Gasteiger partial charge on any atom is -0.328 e. The van der Waals surface area contributed by atoms with Gasteiger partial charge in [-0.15, -0.1) is 0 Å². The third-order valence-corrected chi connectivity index (χ3v) is 5.86. The number of aromatic nitrogens is 3. The summed E-state index contributed by atoms with van der Waals surface area (Å²) in [5.41, 5.74) is 5.82. The first kappa shape index (κ1) is 20.6. The van der Waals surface area contributed by atoms with E-state index in [4.69, 9.17) is 5.26 Å². The summed E-state index contributed by atoms with van der Waals surface area (Å²) >= 11 is 0. The Bertz CT molecular complexity index is 1420. The van der Waals surface area contributed by atoms with Gasteiger partial charge in [0.25, 0.3) is 5.91 Å². The quantitative estimate of drug-likeness (QED) is 0.462. The zero-order valence-electron chi connectivity index (χ0n) is 18.0. The number of hydrogen-bond acceptors (Lipinski definition) is 4. The molecule has 0 unspecified atom stereocenters. The van der Waals surface area contributed by atoms with Gasteiger partial charge in [0.05, 0.1) is 41.7 Å². The first-order valence-electron chi connectivity index (χ1n) is 10.6. The van der Waals surface area contributed by atoms with Crippen LogP contribution in [-0.4, -0.2) is 25.6 Å². The summed E-state index contributed by atoms with van der Waals surface area (Å²) in [7, 11) is 0. The van der Waals surface area contributed by atoms with Crippen LogP contribution in [0.25, 0.3) is 11.3 Å². The van der Waals surface area contributed by atoms with Gasteiger partial charge in [-0.2, -0.15) is 10.4 Å². The molecule has 0 saturated heterocycles. The molecule has 0 fully saturated rings. The Balaban J connectivity index is 1.29. The van der Waals surface area contributed by atoms with Gasteiger partial charge in [0, 0.05) is 30.1 Å². The third kappa shape index (κ3) is 3.99. The number of carbonyl (C=O) groups is 1. The van der Waals surface area contributed by atoms with Gasteiger partial charge in [-0.25, -0.2) is 4.39 Å². The Hall–Kier alpha value is -4.31. The number of carbonyl (C=O) groups excluding carboxylic acids is 1. The second-order valence-electron chi connectivity index (χ2n) is 8.12. The number of hydrogen-bond donors (Lipinski definition) is 0.